The second kappa shape index (κ2) is 12.6. The van der Waals surface area contributed by atoms with Crippen molar-refractivity contribution < 1.29 is 9.59 Å². The lowest BCUT2D eigenvalue weighted by atomic mass is 10.0. The highest BCUT2D eigenvalue weighted by Gasteiger charge is 2.37. The highest BCUT2D eigenvalue weighted by Crippen LogP contribution is 2.34. The van der Waals surface area contributed by atoms with Crippen LogP contribution in [0.15, 0.2) is 91.1 Å². The van der Waals surface area contributed by atoms with Crippen LogP contribution in [0.5, 0.6) is 0 Å². The van der Waals surface area contributed by atoms with Crippen LogP contribution in [-0.2, 0) is 9.59 Å². The number of rotatable bonds is 7. The summed E-state index contributed by atoms with van der Waals surface area (Å²) in [6.45, 7) is 0.613. The van der Waals surface area contributed by atoms with Gasteiger partial charge in [0.15, 0.2) is 0 Å². The van der Waals surface area contributed by atoms with Gasteiger partial charge in [-0.3, -0.25) is 9.59 Å². The van der Waals surface area contributed by atoms with Crippen molar-refractivity contribution in [2.24, 2.45) is 5.92 Å². The molecule has 208 valence electrons. The molecule has 6 rings (SSSR count). The molecule has 2 fully saturated rings. The van der Waals surface area contributed by atoms with Crippen molar-refractivity contribution in [3.05, 3.63) is 114 Å². The average molecular weight is 553 g/mol. The van der Waals surface area contributed by atoms with Crippen LogP contribution in [0.25, 0.3) is 11.1 Å². The smallest absolute Gasteiger partial charge is 0.250 e. The van der Waals surface area contributed by atoms with Gasteiger partial charge in [0.25, 0.3) is 0 Å². The van der Waals surface area contributed by atoms with E-state index in [2.05, 4.69) is 63.2 Å². The maximum Gasteiger partial charge on any atom is 0.250 e. The van der Waals surface area contributed by atoms with Gasteiger partial charge in [0.1, 0.15) is 17.6 Å². The predicted molar refractivity (Wildman–Crippen MR) is 163 cm³/mol. The van der Waals surface area contributed by atoms with Crippen LogP contribution in [-0.4, -0.2) is 33.2 Å². The van der Waals surface area contributed by atoms with Crippen molar-refractivity contribution in [1.82, 2.24) is 20.2 Å². The maximum absolute atomic E-state index is 13.8. The third-order valence-electron chi connectivity index (χ3n) is 7.76. The Balaban J connectivity index is 1.12. The van der Waals surface area contributed by atoms with E-state index in [1.807, 2.05) is 65.6 Å². The number of aromatic nitrogens is 2. The lowest BCUT2D eigenvalue weighted by Crippen LogP contribution is -2.43. The average Bonchev–Trinajstić information content (AvgIpc) is 3.49. The molecule has 1 saturated carbocycles. The van der Waals surface area contributed by atoms with Crippen LogP contribution in [0.4, 0.5) is 0 Å². The monoisotopic (exact) mass is 552 g/mol. The Morgan fingerprint density at radius 3 is 2.31 bits per heavy atom. The summed E-state index contributed by atoms with van der Waals surface area (Å²) in [6.07, 6.45) is 5.99. The molecular weight excluding hydrogens is 520 g/mol. The molecule has 3 aromatic carbocycles. The van der Waals surface area contributed by atoms with Gasteiger partial charge in [0, 0.05) is 18.5 Å². The molecule has 1 aliphatic carbocycles. The highest BCUT2D eigenvalue weighted by molar-refractivity contribution is 5.89. The van der Waals surface area contributed by atoms with Gasteiger partial charge in [-0.2, -0.15) is 0 Å². The summed E-state index contributed by atoms with van der Waals surface area (Å²) in [6, 6.07) is 26.9. The summed E-state index contributed by atoms with van der Waals surface area (Å²) in [5.41, 5.74) is 4.65. The summed E-state index contributed by atoms with van der Waals surface area (Å²) >= 11 is 0. The van der Waals surface area contributed by atoms with Gasteiger partial charge in [-0.05, 0) is 78.2 Å². The van der Waals surface area contributed by atoms with Gasteiger partial charge >= 0.3 is 0 Å². The molecule has 1 aromatic heterocycles. The molecule has 2 N–H and O–H groups in total. The second-order valence-electron chi connectivity index (χ2n) is 10.9. The van der Waals surface area contributed by atoms with E-state index in [9.17, 15) is 9.59 Å². The zero-order valence-electron chi connectivity index (χ0n) is 23.3. The number of hydrogen-bond donors (Lipinski definition) is 2. The standard InChI is InChI=1S/C36H32N4O2/c41-33(24-27-17-18-27)39-34(30-13-5-2-6-14-30)36(42)40-23-9-16-32(40)35-37-25-31(38-35)15-8-7-10-26-19-21-29(22-20-26)28-11-3-1-4-12-28/h1-6,11-14,19-22,25,27,32,34H,9,16-18,23-24H2,(H,37,38)(H,39,41)/t32-,34+/m0/s1. The molecule has 1 aliphatic heterocycles. The van der Waals surface area contributed by atoms with E-state index in [0.717, 1.165) is 42.4 Å². The molecule has 2 atom stereocenters. The van der Waals surface area contributed by atoms with Crippen molar-refractivity contribution in [3.63, 3.8) is 0 Å². The number of carbonyl (C=O) groups excluding carboxylic acids is 2. The first-order chi connectivity index (χ1) is 20.6. The molecular formula is C36H32N4O2. The van der Waals surface area contributed by atoms with E-state index in [0.29, 0.717) is 30.4 Å². The molecule has 6 heteroatoms. The Hall–Kier alpha value is -5.07. The van der Waals surface area contributed by atoms with E-state index in [1.54, 1.807) is 6.20 Å². The number of amides is 2. The van der Waals surface area contributed by atoms with Gasteiger partial charge in [0.2, 0.25) is 11.8 Å². The van der Waals surface area contributed by atoms with Gasteiger partial charge in [-0.1, -0.05) is 78.7 Å². The number of hydrogen-bond acceptors (Lipinski definition) is 3. The van der Waals surface area contributed by atoms with Crippen LogP contribution >= 0.6 is 0 Å². The highest BCUT2D eigenvalue weighted by atomic mass is 16.2. The number of aromatic amines is 1. The fourth-order valence-electron chi connectivity index (χ4n) is 5.37. The third-order valence-corrected chi connectivity index (χ3v) is 7.76. The van der Waals surface area contributed by atoms with Crippen molar-refractivity contribution in [1.29, 1.82) is 0 Å². The zero-order valence-corrected chi connectivity index (χ0v) is 23.3. The molecule has 1 saturated heterocycles. The summed E-state index contributed by atoms with van der Waals surface area (Å²) in [5.74, 6) is 12.9. The van der Waals surface area contributed by atoms with Crippen LogP contribution in [0.3, 0.4) is 0 Å². The number of nitrogens with zero attached hydrogens (tertiary/aromatic N) is 2. The fourth-order valence-corrected chi connectivity index (χ4v) is 5.37. The first kappa shape index (κ1) is 27.1. The number of benzene rings is 3. The largest absolute Gasteiger partial charge is 0.341 e. The van der Waals surface area contributed by atoms with Crippen LogP contribution in [0.1, 0.15) is 66.8 Å². The zero-order chi connectivity index (χ0) is 28.7. The third kappa shape index (κ3) is 6.62. The normalized spacial score (nSPS) is 16.5. The molecule has 0 radical (unpaired) electrons. The van der Waals surface area contributed by atoms with Gasteiger partial charge in [-0.25, -0.2) is 4.98 Å². The minimum atomic E-state index is -0.718. The van der Waals surface area contributed by atoms with Crippen LogP contribution < -0.4 is 5.32 Å². The lowest BCUT2D eigenvalue weighted by molar-refractivity contribution is -0.137. The minimum Gasteiger partial charge on any atom is -0.341 e. The van der Waals surface area contributed by atoms with E-state index in [1.165, 1.54) is 5.56 Å². The Morgan fingerprint density at radius 2 is 1.57 bits per heavy atom. The molecule has 0 spiro atoms. The predicted octanol–water partition coefficient (Wildman–Crippen LogP) is 5.80. The molecule has 2 amide bonds. The molecule has 2 aliphatic rings. The second-order valence-corrected chi connectivity index (χ2v) is 10.9. The summed E-state index contributed by atoms with van der Waals surface area (Å²) < 4.78 is 0. The number of nitrogens with one attached hydrogen (secondary N) is 2. The Bertz CT molecular complexity index is 1670. The molecule has 0 unspecified atom stereocenters. The number of H-pyrrole nitrogens is 1. The molecule has 2 heterocycles. The van der Waals surface area contributed by atoms with Gasteiger partial charge in [-0.15, -0.1) is 0 Å². The number of imidazole rings is 1. The molecule has 6 nitrogen and oxygen atoms in total. The van der Waals surface area contributed by atoms with E-state index in [4.69, 9.17) is 0 Å². The van der Waals surface area contributed by atoms with E-state index >= 15 is 0 Å². The Kier molecular flexibility index (Phi) is 8.15. The van der Waals surface area contributed by atoms with E-state index < -0.39 is 6.04 Å². The number of likely N-dealkylation sites (tertiary alicyclic amines) is 1. The summed E-state index contributed by atoms with van der Waals surface area (Å²) in [5, 5.41) is 3.02. The minimum absolute atomic E-state index is 0.0701. The van der Waals surface area contributed by atoms with Crippen molar-refractivity contribution in [3.8, 4) is 34.8 Å². The van der Waals surface area contributed by atoms with Gasteiger partial charge in [0.05, 0.1) is 12.2 Å². The van der Waals surface area contributed by atoms with E-state index in [-0.39, 0.29) is 17.9 Å². The SMILES string of the molecule is O=C(CC1CC1)N[C@@H](C(=O)N1CCC[C@H]1c1ncc(C#CC#Cc2ccc(-c3ccccc3)cc2)[nH]1)c1ccccc1. The Morgan fingerprint density at radius 1 is 0.881 bits per heavy atom. The summed E-state index contributed by atoms with van der Waals surface area (Å²) in [4.78, 5) is 36.2. The molecule has 0 bridgehead atoms. The van der Waals surface area contributed by atoms with Crippen LogP contribution in [0, 0.1) is 29.6 Å². The lowest BCUT2D eigenvalue weighted by Gasteiger charge is -2.28. The quantitative estimate of drug-likeness (QED) is 0.285. The molecule has 4 aromatic rings. The van der Waals surface area contributed by atoms with Gasteiger partial charge < -0.3 is 15.2 Å². The summed E-state index contributed by atoms with van der Waals surface area (Å²) in [7, 11) is 0. The van der Waals surface area contributed by atoms with Crippen molar-refractivity contribution in [2.75, 3.05) is 6.54 Å². The maximum atomic E-state index is 13.8. The molecule has 42 heavy (non-hydrogen) atoms. The number of carbonyl (C=O) groups is 2. The fraction of sp³-hybridized carbons (Fsp3) is 0.250. The van der Waals surface area contributed by atoms with Crippen LogP contribution in [0.2, 0.25) is 0 Å². The van der Waals surface area contributed by atoms with Crippen molar-refractivity contribution in [2.45, 2.75) is 44.2 Å². The first-order valence-corrected chi connectivity index (χ1v) is 14.5. The van der Waals surface area contributed by atoms with Crippen molar-refractivity contribution >= 4 is 11.8 Å². The Labute approximate surface area is 246 Å². The topological polar surface area (TPSA) is 78.1 Å². The first-order valence-electron chi connectivity index (χ1n) is 14.5.